The number of carbonyl (C=O) groups excluding carboxylic acids is 1. The fourth-order valence-electron chi connectivity index (χ4n) is 1.19. The molecule has 13 heavy (non-hydrogen) atoms. The maximum absolute atomic E-state index is 10.5. The number of hydrogen-bond acceptors (Lipinski definition) is 4. The monoisotopic (exact) mass is 183 g/mol. The van der Waals surface area contributed by atoms with Crippen LogP contribution in [0, 0.1) is 0 Å². The second-order valence-electron chi connectivity index (χ2n) is 2.87. The van der Waals surface area contributed by atoms with Gasteiger partial charge in [-0.15, -0.1) is 5.10 Å². The molecule has 72 valence electrons. The predicted octanol–water partition coefficient (Wildman–Crippen LogP) is 0.206. The van der Waals surface area contributed by atoms with Gasteiger partial charge in [-0.3, -0.25) is 4.79 Å². The summed E-state index contributed by atoms with van der Waals surface area (Å²) in [4.78, 5) is 10.5. The molecule has 1 heterocycles. The molecule has 0 saturated heterocycles. The lowest BCUT2D eigenvalue weighted by Gasteiger charge is -2.10. The average Bonchev–Trinajstić information content (AvgIpc) is 2.58. The first-order chi connectivity index (χ1) is 6.24. The smallest absolute Gasteiger partial charge is 0.172 e. The minimum absolute atomic E-state index is 0.00530. The van der Waals surface area contributed by atoms with E-state index in [0.717, 1.165) is 5.69 Å². The number of rotatable bonds is 4. The van der Waals surface area contributed by atoms with Crippen molar-refractivity contribution in [3.8, 4) is 0 Å². The van der Waals surface area contributed by atoms with E-state index in [-0.39, 0.29) is 12.6 Å². The molecule has 1 unspecified atom stereocenters. The Morgan fingerprint density at radius 1 is 1.69 bits per heavy atom. The van der Waals surface area contributed by atoms with E-state index in [2.05, 4.69) is 10.3 Å². The molecule has 0 spiro atoms. The van der Waals surface area contributed by atoms with Crippen LogP contribution in [0.25, 0.3) is 0 Å². The number of aliphatic hydroxyl groups is 1. The molecule has 0 saturated carbocycles. The Kier molecular flexibility index (Phi) is 3.13. The van der Waals surface area contributed by atoms with Crippen LogP contribution in [0.2, 0.25) is 0 Å². The highest BCUT2D eigenvalue weighted by molar-refractivity contribution is 5.73. The second kappa shape index (κ2) is 4.13. The summed E-state index contributed by atoms with van der Waals surface area (Å²) < 4.78 is 1.59. The first-order valence-corrected chi connectivity index (χ1v) is 4.24. The van der Waals surface area contributed by atoms with Gasteiger partial charge in [0.25, 0.3) is 0 Å². The van der Waals surface area contributed by atoms with E-state index in [4.69, 9.17) is 5.11 Å². The Morgan fingerprint density at radius 3 is 2.85 bits per heavy atom. The highest BCUT2D eigenvalue weighted by atomic mass is 16.3. The van der Waals surface area contributed by atoms with Crippen LogP contribution in [-0.2, 0) is 6.42 Å². The van der Waals surface area contributed by atoms with Gasteiger partial charge in [0.05, 0.1) is 18.3 Å². The van der Waals surface area contributed by atoms with Gasteiger partial charge in [-0.2, -0.15) is 0 Å². The van der Waals surface area contributed by atoms with Crippen molar-refractivity contribution in [2.75, 3.05) is 6.61 Å². The van der Waals surface area contributed by atoms with Gasteiger partial charge in [0, 0.05) is 0 Å². The molecule has 0 bridgehead atoms. The molecule has 0 aliphatic heterocycles. The molecule has 5 heteroatoms. The molecule has 0 aromatic carbocycles. The normalized spacial score (nSPS) is 12.8. The van der Waals surface area contributed by atoms with Gasteiger partial charge in [0.2, 0.25) is 0 Å². The molecule has 1 N–H and O–H groups in total. The van der Waals surface area contributed by atoms with E-state index in [0.29, 0.717) is 18.4 Å². The molecule has 1 rings (SSSR count). The maximum atomic E-state index is 10.5. The Morgan fingerprint density at radius 2 is 2.38 bits per heavy atom. The largest absolute Gasteiger partial charge is 0.394 e. The van der Waals surface area contributed by atoms with Gasteiger partial charge < -0.3 is 5.11 Å². The Hall–Kier alpha value is -1.23. The van der Waals surface area contributed by atoms with E-state index in [1.807, 2.05) is 13.8 Å². The van der Waals surface area contributed by atoms with Crippen molar-refractivity contribution in [2.45, 2.75) is 26.3 Å². The molecule has 0 radical (unpaired) electrons. The predicted molar refractivity (Wildman–Crippen MR) is 46.6 cm³/mol. The van der Waals surface area contributed by atoms with Crippen molar-refractivity contribution in [3.05, 3.63) is 11.4 Å². The van der Waals surface area contributed by atoms with E-state index >= 15 is 0 Å². The maximum Gasteiger partial charge on any atom is 0.172 e. The standard InChI is InChI=1S/C8H13N3O2/c1-3-8-7(5-13)9-10-11(8)6(2)4-12/h5-6,12H,3-4H2,1-2H3. The van der Waals surface area contributed by atoms with Crippen LogP contribution in [0.15, 0.2) is 0 Å². The molecule has 0 fully saturated rings. The first kappa shape index (κ1) is 9.85. The van der Waals surface area contributed by atoms with Crippen molar-refractivity contribution in [2.24, 2.45) is 0 Å². The van der Waals surface area contributed by atoms with E-state index < -0.39 is 0 Å². The molecule has 1 aromatic rings. The van der Waals surface area contributed by atoms with Gasteiger partial charge in [-0.05, 0) is 13.3 Å². The Labute approximate surface area is 76.4 Å². The van der Waals surface area contributed by atoms with Crippen LogP contribution in [-0.4, -0.2) is 33.0 Å². The summed E-state index contributed by atoms with van der Waals surface area (Å²) in [6.07, 6.45) is 1.37. The summed E-state index contributed by atoms with van der Waals surface area (Å²) in [6.45, 7) is 3.74. The number of carbonyl (C=O) groups is 1. The summed E-state index contributed by atoms with van der Waals surface area (Å²) in [6, 6.07) is -0.129. The topological polar surface area (TPSA) is 68.0 Å². The lowest BCUT2D eigenvalue weighted by molar-refractivity contribution is 0.111. The summed E-state index contributed by atoms with van der Waals surface area (Å²) in [5, 5.41) is 16.4. The summed E-state index contributed by atoms with van der Waals surface area (Å²) in [5.41, 5.74) is 1.14. The van der Waals surface area contributed by atoms with Gasteiger partial charge in [0.15, 0.2) is 6.29 Å². The molecule has 0 aliphatic carbocycles. The van der Waals surface area contributed by atoms with Crippen LogP contribution in [0.3, 0.4) is 0 Å². The average molecular weight is 183 g/mol. The SMILES string of the molecule is CCc1c(C=O)nnn1C(C)CO. The second-order valence-corrected chi connectivity index (χ2v) is 2.87. The Balaban J connectivity index is 3.07. The molecule has 5 nitrogen and oxygen atoms in total. The molecule has 0 amide bonds. The van der Waals surface area contributed by atoms with E-state index in [1.165, 1.54) is 0 Å². The third kappa shape index (κ3) is 1.75. The lowest BCUT2D eigenvalue weighted by Crippen LogP contribution is -2.14. The Bertz CT molecular complexity index is 296. The van der Waals surface area contributed by atoms with Crippen LogP contribution in [0.1, 0.15) is 36.1 Å². The first-order valence-electron chi connectivity index (χ1n) is 4.24. The number of aliphatic hydroxyl groups excluding tert-OH is 1. The highest BCUT2D eigenvalue weighted by Gasteiger charge is 2.13. The number of nitrogens with zero attached hydrogens (tertiary/aromatic N) is 3. The fourth-order valence-corrected chi connectivity index (χ4v) is 1.19. The van der Waals surface area contributed by atoms with Crippen LogP contribution in [0.5, 0.6) is 0 Å². The molecule has 1 atom stereocenters. The van der Waals surface area contributed by atoms with E-state index in [9.17, 15) is 4.79 Å². The van der Waals surface area contributed by atoms with Crippen molar-refractivity contribution >= 4 is 6.29 Å². The third-order valence-corrected chi connectivity index (χ3v) is 1.95. The zero-order chi connectivity index (χ0) is 9.84. The van der Waals surface area contributed by atoms with Gasteiger partial charge in [-0.1, -0.05) is 12.1 Å². The number of hydrogen-bond donors (Lipinski definition) is 1. The van der Waals surface area contributed by atoms with Crippen LogP contribution >= 0.6 is 0 Å². The lowest BCUT2D eigenvalue weighted by atomic mass is 10.2. The van der Waals surface area contributed by atoms with Crippen LogP contribution in [0.4, 0.5) is 0 Å². The van der Waals surface area contributed by atoms with Gasteiger partial charge in [-0.25, -0.2) is 4.68 Å². The molecular formula is C8H13N3O2. The quantitative estimate of drug-likeness (QED) is 0.677. The van der Waals surface area contributed by atoms with Crippen molar-refractivity contribution in [1.82, 2.24) is 15.0 Å². The number of aldehydes is 1. The molecule has 0 aliphatic rings. The summed E-state index contributed by atoms with van der Waals surface area (Å²) in [5.74, 6) is 0. The van der Waals surface area contributed by atoms with Crippen LogP contribution < -0.4 is 0 Å². The zero-order valence-corrected chi connectivity index (χ0v) is 7.77. The van der Waals surface area contributed by atoms with Crippen molar-refractivity contribution < 1.29 is 9.90 Å². The highest BCUT2D eigenvalue weighted by Crippen LogP contribution is 2.10. The molecule has 1 aromatic heterocycles. The van der Waals surface area contributed by atoms with Gasteiger partial charge >= 0.3 is 0 Å². The minimum atomic E-state index is -0.129. The fraction of sp³-hybridized carbons (Fsp3) is 0.625. The van der Waals surface area contributed by atoms with Crippen molar-refractivity contribution in [3.63, 3.8) is 0 Å². The van der Waals surface area contributed by atoms with Gasteiger partial charge in [0.1, 0.15) is 5.69 Å². The summed E-state index contributed by atoms with van der Waals surface area (Å²) in [7, 11) is 0. The number of aromatic nitrogens is 3. The summed E-state index contributed by atoms with van der Waals surface area (Å²) >= 11 is 0. The van der Waals surface area contributed by atoms with Crippen molar-refractivity contribution in [1.29, 1.82) is 0 Å². The molecular weight excluding hydrogens is 170 g/mol. The zero-order valence-electron chi connectivity index (χ0n) is 7.77. The minimum Gasteiger partial charge on any atom is -0.394 e. The third-order valence-electron chi connectivity index (χ3n) is 1.95. The van der Waals surface area contributed by atoms with E-state index in [1.54, 1.807) is 4.68 Å².